The van der Waals surface area contributed by atoms with Gasteiger partial charge >= 0.3 is 0 Å². The second-order valence-electron chi connectivity index (χ2n) is 5.19. The molecular formula is C19H16N2O3S. The highest BCUT2D eigenvalue weighted by molar-refractivity contribution is 7.12. The molecule has 0 fully saturated rings. The minimum absolute atomic E-state index is 0.150. The number of methoxy groups -OCH3 is 1. The molecule has 0 aliphatic heterocycles. The fraction of sp³-hybridized carbons (Fsp3) is 0.0526. The lowest BCUT2D eigenvalue weighted by molar-refractivity contribution is 0.102. The molecule has 25 heavy (non-hydrogen) atoms. The summed E-state index contributed by atoms with van der Waals surface area (Å²) >= 11 is 1.38. The summed E-state index contributed by atoms with van der Waals surface area (Å²) in [4.78, 5) is 24.9. The van der Waals surface area contributed by atoms with Gasteiger partial charge in [-0.1, -0.05) is 12.1 Å². The number of carbonyl (C=O) groups is 2. The van der Waals surface area contributed by atoms with Crippen molar-refractivity contribution in [3.63, 3.8) is 0 Å². The van der Waals surface area contributed by atoms with Crippen LogP contribution in [0, 0.1) is 0 Å². The highest BCUT2D eigenvalue weighted by Crippen LogP contribution is 2.18. The van der Waals surface area contributed by atoms with Crippen molar-refractivity contribution in [3.05, 3.63) is 76.5 Å². The van der Waals surface area contributed by atoms with E-state index in [1.54, 1.807) is 61.7 Å². The van der Waals surface area contributed by atoms with Gasteiger partial charge in [0.1, 0.15) is 5.75 Å². The van der Waals surface area contributed by atoms with E-state index in [-0.39, 0.29) is 11.8 Å². The molecule has 1 heterocycles. The molecule has 0 saturated carbocycles. The van der Waals surface area contributed by atoms with Crippen molar-refractivity contribution in [3.8, 4) is 5.75 Å². The largest absolute Gasteiger partial charge is 0.497 e. The van der Waals surface area contributed by atoms with E-state index in [4.69, 9.17) is 4.74 Å². The molecule has 0 atom stereocenters. The van der Waals surface area contributed by atoms with Crippen LogP contribution in [0.5, 0.6) is 5.75 Å². The van der Waals surface area contributed by atoms with Crippen LogP contribution in [0.25, 0.3) is 0 Å². The number of carbonyl (C=O) groups excluding carboxylic acids is 2. The van der Waals surface area contributed by atoms with Crippen LogP contribution in [0.15, 0.2) is 66.0 Å². The van der Waals surface area contributed by atoms with E-state index >= 15 is 0 Å². The highest BCUT2D eigenvalue weighted by Gasteiger charge is 2.09. The maximum absolute atomic E-state index is 12.3. The van der Waals surface area contributed by atoms with E-state index in [9.17, 15) is 9.59 Å². The average Bonchev–Trinajstić information content (AvgIpc) is 3.18. The Kier molecular flexibility index (Phi) is 5.11. The highest BCUT2D eigenvalue weighted by atomic mass is 32.1. The first-order chi connectivity index (χ1) is 12.2. The van der Waals surface area contributed by atoms with Crippen molar-refractivity contribution in [1.29, 1.82) is 0 Å². The first kappa shape index (κ1) is 16.7. The molecule has 2 N–H and O–H groups in total. The monoisotopic (exact) mass is 352 g/mol. The number of hydrogen-bond donors (Lipinski definition) is 2. The number of anilines is 2. The fourth-order valence-electron chi connectivity index (χ4n) is 2.20. The Morgan fingerprint density at radius 3 is 2.16 bits per heavy atom. The van der Waals surface area contributed by atoms with Crippen LogP contribution >= 0.6 is 11.3 Å². The molecule has 0 bridgehead atoms. The molecule has 3 rings (SSSR count). The summed E-state index contributed by atoms with van der Waals surface area (Å²) in [5.41, 5.74) is 1.81. The van der Waals surface area contributed by atoms with E-state index < -0.39 is 0 Å². The van der Waals surface area contributed by atoms with E-state index in [0.29, 0.717) is 27.6 Å². The van der Waals surface area contributed by atoms with Crippen molar-refractivity contribution < 1.29 is 14.3 Å². The summed E-state index contributed by atoms with van der Waals surface area (Å²) in [6, 6.07) is 17.5. The van der Waals surface area contributed by atoms with Gasteiger partial charge < -0.3 is 15.4 Å². The van der Waals surface area contributed by atoms with Crippen molar-refractivity contribution in [2.24, 2.45) is 0 Å². The summed E-state index contributed by atoms with van der Waals surface area (Å²) in [6.07, 6.45) is 0. The molecule has 0 aliphatic carbocycles. The van der Waals surface area contributed by atoms with Crippen LogP contribution < -0.4 is 15.4 Å². The van der Waals surface area contributed by atoms with Crippen molar-refractivity contribution >= 4 is 34.5 Å². The molecule has 6 heteroatoms. The van der Waals surface area contributed by atoms with Crippen LogP contribution in [0.4, 0.5) is 11.4 Å². The molecule has 0 unspecified atom stereocenters. The summed E-state index contributed by atoms with van der Waals surface area (Å²) in [5.74, 6) is 0.247. The number of nitrogens with one attached hydrogen (secondary N) is 2. The molecule has 3 aromatic rings. The molecule has 126 valence electrons. The first-order valence-corrected chi connectivity index (χ1v) is 8.44. The predicted molar refractivity (Wildman–Crippen MR) is 99.7 cm³/mol. The summed E-state index contributed by atoms with van der Waals surface area (Å²) in [6.45, 7) is 0. The van der Waals surface area contributed by atoms with Crippen molar-refractivity contribution in [1.82, 2.24) is 0 Å². The number of benzene rings is 2. The second-order valence-corrected chi connectivity index (χ2v) is 6.14. The standard InChI is InChI=1S/C19H16N2O3S/c1-24-16-5-2-4-13(12-16)18(22)20-14-7-9-15(10-8-14)21-19(23)17-6-3-11-25-17/h2-12H,1H3,(H,20,22)(H,21,23). The second kappa shape index (κ2) is 7.63. The number of ether oxygens (including phenoxy) is 1. The predicted octanol–water partition coefficient (Wildman–Crippen LogP) is 4.26. The molecule has 1 aromatic heterocycles. The van der Waals surface area contributed by atoms with E-state index in [1.165, 1.54) is 11.3 Å². The SMILES string of the molecule is COc1cccc(C(=O)Nc2ccc(NC(=O)c3cccs3)cc2)c1. The third-order valence-corrected chi connectivity index (χ3v) is 4.35. The zero-order valence-corrected chi connectivity index (χ0v) is 14.3. The van der Waals surface area contributed by atoms with E-state index in [0.717, 1.165) is 0 Å². The Bertz CT molecular complexity index is 874. The smallest absolute Gasteiger partial charge is 0.265 e. The van der Waals surface area contributed by atoms with Crippen LogP contribution in [0.2, 0.25) is 0 Å². The third-order valence-electron chi connectivity index (χ3n) is 3.48. The van der Waals surface area contributed by atoms with Crippen molar-refractivity contribution in [2.45, 2.75) is 0 Å². The molecule has 0 spiro atoms. The Morgan fingerprint density at radius 1 is 0.880 bits per heavy atom. The van der Waals surface area contributed by atoms with Crippen LogP contribution in [-0.2, 0) is 0 Å². The van der Waals surface area contributed by atoms with Gasteiger partial charge in [-0.15, -0.1) is 11.3 Å². The van der Waals surface area contributed by atoms with Gasteiger partial charge in [0.05, 0.1) is 12.0 Å². The van der Waals surface area contributed by atoms with Crippen molar-refractivity contribution in [2.75, 3.05) is 17.7 Å². The van der Waals surface area contributed by atoms with Crippen LogP contribution in [0.1, 0.15) is 20.0 Å². The number of amides is 2. The molecule has 0 radical (unpaired) electrons. The third kappa shape index (κ3) is 4.24. The topological polar surface area (TPSA) is 67.4 Å². The lowest BCUT2D eigenvalue weighted by atomic mass is 10.2. The van der Waals surface area contributed by atoms with Gasteiger partial charge in [-0.25, -0.2) is 0 Å². The quantitative estimate of drug-likeness (QED) is 0.721. The summed E-state index contributed by atoms with van der Waals surface area (Å²) in [7, 11) is 1.56. The molecule has 2 aromatic carbocycles. The Hall–Kier alpha value is -3.12. The lowest BCUT2D eigenvalue weighted by Gasteiger charge is -2.08. The minimum Gasteiger partial charge on any atom is -0.497 e. The summed E-state index contributed by atoms with van der Waals surface area (Å²) < 4.78 is 5.12. The maximum atomic E-state index is 12.3. The molecule has 2 amide bonds. The first-order valence-electron chi connectivity index (χ1n) is 7.56. The lowest BCUT2D eigenvalue weighted by Crippen LogP contribution is -2.12. The van der Waals surface area contributed by atoms with Crippen LogP contribution in [-0.4, -0.2) is 18.9 Å². The number of thiophene rings is 1. The van der Waals surface area contributed by atoms with Gasteiger partial charge in [0, 0.05) is 16.9 Å². The van der Waals surface area contributed by atoms with Gasteiger partial charge in [-0.2, -0.15) is 0 Å². The molecule has 0 saturated heterocycles. The van der Waals surface area contributed by atoms with Gasteiger partial charge in [0.25, 0.3) is 11.8 Å². The fourth-order valence-corrected chi connectivity index (χ4v) is 2.82. The van der Waals surface area contributed by atoms with Gasteiger partial charge in [0.2, 0.25) is 0 Å². The summed E-state index contributed by atoms with van der Waals surface area (Å²) in [5, 5.41) is 7.48. The van der Waals surface area contributed by atoms with Crippen LogP contribution in [0.3, 0.4) is 0 Å². The molecular weight excluding hydrogens is 336 g/mol. The van der Waals surface area contributed by atoms with Gasteiger partial charge in [-0.3, -0.25) is 9.59 Å². The van der Waals surface area contributed by atoms with Gasteiger partial charge in [0.15, 0.2) is 0 Å². The average molecular weight is 352 g/mol. The normalized spacial score (nSPS) is 10.1. The zero-order valence-electron chi connectivity index (χ0n) is 13.5. The maximum Gasteiger partial charge on any atom is 0.265 e. The molecule has 5 nitrogen and oxygen atoms in total. The number of hydrogen-bond acceptors (Lipinski definition) is 4. The van der Waals surface area contributed by atoms with Gasteiger partial charge in [-0.05, 0) is 53.9 Å². The minimum atomic E-state index is -0.228. The Balaban J connectivity index is 1.64. The Labute approximate surface area is 149 Å². The van der Waals surface area contributed by atoms with E-state index in [2.05, 4.69) is 10.6 Å². The molecule has 0 aliphatic rings. The zero-order chi connectivity index (χ0) is 17.6. The Morgan fingerprint density at radius 2 is 1.56 bits per heavy atom. The number of rotatable bonds is 5. The van der Waals surface area contributed by atoms with E-state index in [1.807, 2.05) is 11.4 Å².